The molecule has 0 bridgehead atoms. The summed E-state index contributed by atoms with van der Waals surface area (Å²) in [5, 5.41) is 13.9. The van der Waals surface area contributed by atoms with Gasteiger partial charge in [-0.25, -0.2) is 9.59 Å². The third-order valence-electron chi connectivity index (χ3n) is 3.76. The van der Waals surface area contributed by atoms with Gasteiger partial charge in [0.15, 0.2) is 0 Å². The summed E-state index contributed by atoms with van der Waals surface area (Å²) in [6.07, 6.45) is 2.06. The summed E-state index contributed by atoms with van der Waals surface area (Å²) in [4.78, 5) is 36.4. The van der Waals surface area contributed by atoms with Crippen LogP contribution < -0.4 is 5.32 Å². The summed E-state index contributed by atoms with van der Waals surface area (Å²) in [6, 6.07) is -0.451. The molecule has 0 saturated heterocycles. The summed E-state index contributed by atoms with van der Waals surface area (Å²) < 4.78 is 4.82. The minimum Gasteiger partial charge on any atom is -0.481 e. The molecule has 23 heavy (non-hydrogen) atoms. The van der Waals surface area contributed by atoms with Gasteiger partial charge in [0.2, 0.25) is 0 Å². The number of carbonyl (C=O) groups excluding carboxylic acids is 2. The third kappa shape index (κ3) is 4.01. The summed E-state index contributed by atoms with van der Waals surface area (Å²) in [5.74, 6) is -1.75. The van der Waals surface area contributed by atoms with Crippen molar-refractivity contribution in [3.8, 4) is 0 Å². The Morgan fingerprint density at radius 2 is 2.13 bits per heavy atom. The van der Waals surface area contributed by atoms with Crippen LogP contribution in [0.1, 0.15) is 41.6 Å². The van der Waals surface area contributed by atoms with Crippen LogP contribution in [0.15, 0.2) is 5.38 Å². The molecule has 1 aromatic heterocycles. The maximum absolute atomic E-state index is 12.2. The molecule has 1 saturated carbocycles. The van der Waals surface area contributed by atoms with E-state index in [1.165, 1.54) is 37.3 Å². The maximum atomic E-state index is 12.2. The van der Waals surface area contributed by atoms with Gasteiger partial charge in [-0.3, -0.25) is 10.1 Å². The van der Waals surface area contributed by atoms with Crippen molar-refractivity contribution in [3.63, 3.8) is 0 Å². The Labute approximate surface area is 138 Å². The number of esters is 1. The van der Waals surface area contributed by atoms with Crippen LogP contribution in [0, 0.1) is 5.92 Å². The molecule has 1 unspecified atom stereocenters. The van der Waals surface area contributed by atoms with Crippen molar-refractivity contribution < 1.29 is 24.2 Å². The molecule has 1 aliphatic rings. The predicted molar refractivity (Wildman–Crippen MR) is 86.1 cm³/mol. The Hall–Kier alpha value is -2.09. The number of amides is 2. The van der Waals surface area contributed by atoms with Crippen molar-refractivity contribution >= 4 is 34.3 Å². The summed E-state index contributed by atoms with van der Waals surface area (Å²) in [7, 11) is 2.82. The van der Waals surface area contributed by atoms with Crippen LogP contribution in [-0.4, -0.2) is 48.7 Å². The number of hydrogen-bond acceptors (Lipinski definition) is 5. The van der Waals surface area contributed by atoms with E-state index in [0.717, 1.165) is 18.4 Å². The fourth-order valence-electron chi connectivity index (χ4n) is 2.23. The molecule has 2 N–H and O–H groups in total. The molecule has 1 atom stereocenters. The second-order valence-corrected chi connectivity index (χ2v) is 6.59. The first-order chi connectivity index (χ1) is 10.8. The number of aliphatic carboxylic acids is 1. The average Bonchev–Trinajstić information content (AvgIpc) is 3.27. The number of nitrogens with one attached hydrogen (secondary N) is 1. The van der Waals surface area contributed by atoms with E-state index in [4.69, 9.17) is 9.84 Å². The number of carboxylic acid groups (broad SMARTS) is 1. The second kappa shape index (κ2) is 6.99. The van der Waals surface area contributed by atoms with Gasteiger partial charge < -0.3 is 14.7 Å². The average molecular weight is 340 g/mol. The lowest BCUT2D eigenvalue weighted by Gasteiger charge is -2.20. The lowest BCUT2D eigenvalue weighted by Crippen LogP contribution is -2.36. The van der Waals surface area contributed by atoms with Gasteiger partial charge in [0.25, 0.3) is 0 Å². The zero-order valence-electron chi connectivity index (χ0n) is 13.3. The number of methoxy groups -OCH3 is 1. The highest BCUT2D eigenvalue weighted by Crippen LogP contribution is 2.46. The zero-order valence-corrected chi connectivity index (χ0v) is 14.1. The smallest absolute Gasteiger partial charge is 0.341 e. The molecule has 1 fully saturated rings. The van der Waals surface area contributed by atoms with Crippen molar-refractivity contribution in [2.45, 2.75) is 25.7 Å². The number of anilines is 1. The Morgan fingerprint density at radius 1 is 1.48 bits per heavy atom. The van der Waals surface area contributed by atoms with E-state index in [1.807, 2.05) is 5.38 Å². The monoisotopic (exact) mass is 340 g/mol. The van der Waals surface area contributed by atoms with Gasteiger partial charge >= 0.3 is 18.0 Å². The van der Waals surface area contributed by atoms with Gasteiger partial charge in [-0.05, 0) is 29.7 Å². The summed E-state index contributed by atoms with van der Waals surface area (Å²) >= 11 is 1.28. The minimum atomic E-state index is -0.966. The van der Waals surface area contributed by atoms with Crippen LogP contribution in [0.4, 0.5) is 9.80 Å². The van der Waals surface area contributed by atoms with Gasteiger partial charge in [-0.15, -0.1) is 11.3 Å². The van der Waals surface area contributed by atoms with Gasteiger partial charge in [0.05, 0.1) is 18.6 Å². The summed E-state index contributed by atoms with van der Waals surface area (Å²) in [6.45, 7) is 1.61. The zero-order chi connectivity index (χ0) is 17.1. The van der Waals surface area contributed by atoms with Crippen LogP contribution in [0.3, 0.4) is 0 Å². The fraction of sp³-hybridized carbons (Fsp3) is 0.533. The number of rotatable bonds is 6. The predicted octanol–water partition coefficient (Wildman–Crippen LogP) is 2.60. The number of nitrogens with zero attached hydrogens (tertiary/aromatic N) is 1. The highest BCUT2D eigenvalue weighted by molar-refractivity contribution is 7.15. The molecule has 7 nitrogen and oxygen atoms in total. The van der Waals surface area contributed by atoms with E-state index in [1.54, 1.807) is 0 Å². The lowest BCUT2D eigenvalue weighted by molar-refractivity contribution is -0.141. The van der Waals surface area contributed by atoms with E-state index in [0.29, 0.717) is 16.5 Å². The molecule has 0 aromatic carbocycles. The normalized spacial score (nSPS) is 14.9. The lowest BCUT2D eigenvalue weighted by atomic mass is 10.1. The largest absolute Gasteiger partial charge is 0.481 e. The number of hydrogen-bond donors (Lipinski definition) is 2. The van der Waals surface area contributed by atoms with Crippen molar-refractivity contribution in [1.82, 2.24) is 4.90 Å². The number of urea groups is 1. The molecule has 1 aromatic rings. The van der Waals surface area contributed by atoms with Crippen molar-refractivity contribution in [1.29, 1.82) is 0 Å². The van der Waals surface area contributed by atoms with Crippen LogP contribution in [-0.2, 0) is 9.53 Å². The summed E-state index contributed by atoms with van der Waals surface area (Å²) in [5.41, 5.74) is 1.33. The molecule has 1 heterocycles. The van der Waals surface area contributed by atoms with E-state index in [9.17, 15) is 14.4 Å². The van der Waals surface area contributed by atoms with E-state index in [2.05, 4.69) is 5.32 Å². The highest BCUT2D eigenvalue weighted by atomic mass is 32.1. The van der Waals surface area contributed by atoms with Crippen molar-refractivity contribution in [2.75, 3.05) is 26.0 Å². The minimum absolute atomic E-state index is 0.0789. The number of ether oxygens (including phenoxy) is 1. The second-order valence-electron chi connectivity index (χ2n) is 5.71. The van der Waals surface area contributed by atoms with Crippen molar-refractivity contribution in [3.05, 3.63) is 16.5 Å². The molecule has 0 radical (unpaired) electrons. The highest BCUT2D eigenvalue weighted by Gasteiger charge is 2.32. The first-order valence-corrected chi connectivity index (χ1v) is 8.17. The first kappa shape index (κ1) is 17.3. The number of carbonyl (C=O) groups is 3. The van der Waals surface area contributed by atoms with Gasteiger partial charge in [0.1, 0.15) is 5.00 Å². The fourth-order valence-corrected chi connectivity index (χ4v) is 3.26. The molecule has 0 aliphatic heterocycles. The van der Waals surface area contributed by atoms with E-state index >= 15 is 0 Å². The van der Waals surface area contributed by atoms with Gasteiger partial charge in [0, 0.05) is 13.6 Å². The number of thiophene rings is 1. The van der Waals surface area contributed by atoms with Crippen LogP contribution in [0.5, 0.6) is 0 Å². The Morgan fingerprint density at radius 3 is 2.65 bits per heavy atom. The Kier molecular flexibility index (Phi) is 5.25. The third-order valence-corrected chi connectivity index (χ3v) is 4.68. The van der Waals surface area contributed by atoms with Crippen LogP contribution >= 0.6 is 11.3 Å². The molecular weight excluding hydrogens is 320 g/mol. The quantitative estimate of drug-likeness (QED) is 0.776. The molecule has 2 rings (SSSR count). The molecule has 126 valence electrons. The number of carboxylic acids is 1. The Bertz CT molecular complexity index is 623. The molecule has 1 aliphatic carbocycles. The first-order valence-electron chi connectivity index (χ1n) is 7.29. The molecule has 8 heteroatoms. The van der Waals surface area contributed by atoms with Crippen LogP contribution in [0.25, 0.3) is 0 Å². The maximum Gasteiger partial charge on any atom is 0.341 e. The Balaban J connectivity index is 2.11. The van der Waals surface area contributed by atoms with Crippen molar-refractivity contribution in [2.24, 2.45) is 5.92 Å². The van der Waals surface area contributed by atoms with E-state index in [-0.39, 0.29) is 6.54 Å². The molecule has 0 spiro atoms. The SMILES string of the molecule is COC(=O)c1c(C2CC2)csc1NC(=O)N(C)CC(C)C(=O)O. The van der Waals surface area contributed by atoms with Crippen LogP contribution in [0.2, 0.25) is 0 Å². The van der Waals surface area contributed by atoms with Gasteiger partial charge in [-0.1, -0.05) is 6.92 Å². The van der Waals surface area contributed by atoms with E-state index < -0.39 is 23.9 Å². The molecular formula is C15H20N2O5S. The standard InChI is InChI=1S/C15H20N2O5S/c1-8(13(18)19)6-17(2)15(21)16-12-11(14(20)22-3)10(7-23-12)9-4-5-9/h7-9H,4-6H2,1-3H3,(H,16,21)(H,18,19). The van der Waals surface area contributed by atoms with Gasteiger partial charge in [-0.2, -0.15) is 0 Å². The molecule has 2 amide bonds. The topological polar surface area (TPSA) is 95.9 Å².